The average Bonchev–Trinajstić information content (AvgIpc) is 3.08. The Kier molecular flexibility index (Phi) is 6.29. The van der Waals surface area contributed by atoms with Gasteiger partial charge in [-0.05, 0) is 50.3 Å². The van der Waals surface area contributed by atoms with Crippen molar-refractivity contribution in [3.05, 3.63) is 47.6 Å². The maximum atomic E-state index is 13.8. The van der Waals surface area contributed by atoms with Crippen molar-refractivity contribution < 1.29 is 17.3 Å². The minimum Gasteiger partial charge on any atom is -0.360 e. The van der Waals surface area contributed by atoms with Gasteiger partial charge in [0.1, 0.15) is 10.7 Å². The number of nitrogens with zero attached hydrogens (tertiary/aromatic N) is 3. The third kappa shape index (κ3) is 4.75. The van der Waals surface area contributed by atoms with E-state index in [2.05, 4.69) is 10.1 Å². The third-order valence-electron chi connectivity index (χ3n) is 5.17. The Morgan fingerprint density at radius 3 is 2.85 bits per heavy atom. The van der Waals surface area contributed by atoms with E-state index in [0.717, 1.165) is 38.0 Å². The van der Waals surface area contributed by atoms with E-state index < -0.39 is 10.0 Å². The van der Waals surface area contributed by atoms with Crippen LogP contribution in [-0.2, 0) is 16.4 Å². The van der Waals surface area contributed by atoms with E-state index in [-0.39, 0.29) is 16.6 Å². The zero-order chi connectivity index (χ0) is 19.4. The summed E-state index contributed by atoms with van der Waals surface area (Å²) >= 11 is 0. The van der Waals surface area contributed by atoms with Gasteiger partial charge in [0.25, 0.3) is 0 Å². The Bertz CT molecular complexity index is 869. The van der Waals surface area contributed by atoms with Crippen LogP contribution in [-0.4, -0.2) is 56.0 Å². The predicted octanol–water partition coefficient (Wildman–Crippen LogP) is 2.70. The molecule has 6 nitrogen and oxygen atoms in total. The first kappa shape index (κ1) is 20.0. The van der Waals surface area contributed by atoms with Crippen molar-refractivity contribution in [3.63, 3.8) is 0 Å². The van der Waals surface area contributed by atoms with Crippen molar-refractivity contribution in [1.82, 2.24) is 14.4 Å². The van der Waals surface area contributed by atoms with Crippen LogP contribution in [0.5, 0.6) is 0 Å². The van der Waals surface area contributed by atoms with Crippen molar-refractivity contribution in [2.45, 2.75) is 31.1 Å². The van der Waals surface area contributed by atoms with Crippen molar-refractivity contribution in [2.24, 2.45) is 5.92 Å². The molecule has 0 N–H and O–H groups in total. The summed E-state index contributed by atoms with van der Waals surface area (Å²) in [4.78, 5) is 2.42. The number of rotatable bonds is 7. The van der Waals surface area contributed by atoms with E-state index >= 15 is 0 Å². The Balaban J connectivity index is 1.56. The fraction of sp³-hybridized carbons (Fsp3) is 0.526. The van der Waals surface area contributed by atoms with E-state index in [0.29, 0.717) is 18.7 Å². The van der Waals surface area contributed by atoms with Gasteiger partial charge in [0.05, 0.1) is 6.20 Å². The quantitative estimate of drug-likeness (QED) is 0.721. The van der Waals surface area contributed by atoms with E-state index in [4.69, 9.17) is 4.52 Å². The van der Waals surface area contributed by atoms with E-state index in [1.807, 2.05) is 12.1 Å². The van der Waals surface area contributed by atoms with Gasteiger partial charge in [-0.15, -0.1) is 0 Å². The second-order valence-corrected chi connectivity index (χ2v) is 9.20. The lowest BCUT2D eigenvalue weighted by atomic mass is 9.97. The topological polar surface area (TPSA) is 66.7 Å². The fourth-order valence-corrected chi connectivity index (χ4v) is 4.97. The molecule has 1 atom stereocenters. The Labute approximate surface area is 160 Å². The van der Waals surface area contributed by atoms with Gasteiger partial charge < -0.3 is 9.42 Å². The first-order valence-electron chi connectivity index (χ1n) is 9.21. The minimum atomic E-state index is -3.60. The van der Waals surface area contributed by atoms with E-state index in [1.54, 1.807) is 20.0 Å². The first-order chi connectivity index (χ1) is 12.9. The van der Waals surface area contributed by atoms with Gasteiger partial charge in [0.2, 0.25) is 10.0 Å². The summed E-state index contributed by atoms with van der Waals surface area (Å²) in [6.07, 6.45) is 3.91. The normalized spacial score (nSPS) is 18.9. The average molecular weight is 396 g/mol. The predicted molar refractivity (Wildman–Crippen MR) is 100 cm³/mol. The highest BCUT2D eigenvalue weighted by atomic mass is 32.2. The standard InChI is InChI=1S/C19H26FN3O3S/c1-15-19(12-21-26-15)27(24,25)22(2)13-16-6-5-10-23(14-16)11-9-17-7-3-4-8-18(17)20/h3-4,7-8,12,16H,5-6,9-11,13-14H2,1-2H3. The molecule has 1 fully saturated rings. The van der Waals surface area contributed by atoms with Gasteiger partial charge in [-0.3, -0.25) is 0 Å². The van der Waals surface area contributed by atoms with Crippen LogP contribution < -0.4 is 0 Å². The highest BCUT2D eigenvalue weighted by molar-refractivity contribution is 7.89. The number of aryl methyl sites for hydroxylation is 1. The van der Waals surface area contributed by atoms with Crippen LogP contribution in [0.25, 0.3) is 0 Å². The number of piperidine rings is 1. The molecule has 148 valence electrons. The maximum Gasteiger partial charge on any atom is 0.247 e. The molecular formula is C19H26FN3O3S. The van der Waals surface area contributed by atoms with E-state index in [9.17, 15) is 12.8 Å². The van der Waals surface area contributed by atoms with Crippen LogP contribution in [0.1, 0.15) is 24.2 Å². The van der Waals surface area contributed by atoms with Gasteiger partial charge in [0, 0.05) is 26.7 Å². The lowest BCUT2D eigenvalue weighted by Gasteiger charge is -2.34. The molecule has 1 saturated heterocycles. The maximum absolute atomic E-state index is 13.8. The second kappa shape index (κ2) is 8.50. The molecule has 1 unspecified atom stereocenters. The molecule has 2 aromatic rings. The number of halogens is 1. The molecule has 0 radical (unpaired) electrons. The zero-order valence-corrected chi connectivity index (χ0v) is 16.6. The SMILES string of the molecule is Cc1oncc1S(=O)(=O)N(C)CC1CCCN(CCc2ccccc2F)C1. The Morgan fingerprint density at radius 1 is 1.37 bits per heavy atom. The van der Waals surface area contributed by atoms with Crippen LogP contribution in [0.2, 0.25) is 0 Å². The number of hydrogen-bond acceptors (Lipinski definition) is 5. The smallest absolute Gasteiger partial charge is 0.247 e. The summed E-state index contributed by atoms with van der Waals surface area (Å²) < 4.78 is 45.4. The zero-order valence-electron chi connectivity index (χ0n) is 15.8. The number of likely N-dealkylation sites (tertiary alicyclic amines) is 1. The van der Waals surface area contributed by atoms with Gasteiger partial charge >= 0.3 is 0 Å². The summed E-state index contributed by atoms with van der Waals surface area (Å²) in [5.74, 6) is 0.386. The molecule has 0 aliphatic carbocycles. The van der Waals surface area contributed by atoms with Gasteiger partial charge in [-0.1, -0.05) is 23.4 Å². The second-order valence-electron chi connectivity index (χ2n) is 7.18. The third-order valence-corrected chi connectivity index (χ3v) is 7.09. The van der Waals surface area contributed by atoms with Crippen LogP contribution in [0.3, 0.4) is 0 Å². The largest absolute Gasteiger partial charge is 0.360 e. The van der Waals surface area contributed by atoms with Crippen LogP contribution in [0.15, 0.2) is 39.9 Å². The summed E-state index contributed by atoms with van der Waals surface area (Å²) in [6.45, 7) is 4.60. The molecular weight excluding hydrogens is 369 g/mol. The van der Waals surface area contributed by atoms with Crippen LogP contribution in [0, 0.1) is 18.7 Å². The number of aromatic nitrogens is 1. The highest BCUT2D eigenvalue weighted by Gasteiger charge is 2.29. The molecule has 1 aliphatic heterocycles. The van der Waals surface area contributed by atoms with E-state index in [1.165, 1.54) is 16.6 Å². The highest BCUT2D eigenvalue weighted by Crippen LogP contribution is 2.23. The Morgan fingerprint density at radius 2 is 2.15 bits per heavy atom. The lowest BCUT2D eigenvalue weighted by Crippen LogP contribution is -2.42. The number of sulfonamides is 1. The van der Waals surface area contributed by atoms with Crippen molar-refractivity contribution in [1.29, 1.82) is 0 Å². The van der Waals surface area contributed by atoms with Crippen molar-refractivity contribution >= 4 is 10.0 Å². The lowest BCUT2D eigenvalue weighted by molar-refractivity contribution is 0.163. The Hall–Kier alpha value is -1.77. The van der Waals surface area contributed by atoms with Gasteiger partial charge in [0.15, 0.2) is 5.76 Å². The molecule has 0 bridgehead atoms. The molecule has 3 rings (SSSR count). The molecule has 2 heterocycles. The minimum absolute atomic E-state index is 0.122. The molecule has 27 heavy (non-hydrogen) atoms. The molecule has 1 aliphatic rings. The first-order valence-corrected chi connectivity index (χ1v) is 10.7. The molecule has 0 spiro atoms. The molecule has 8 heteroatoms. The van der Waals surface area contributed by atoms with Crippen molar-refractivity contribution in [3.8, 4) is 0 Å². The monoisotopic (exact) mass is 395 g/mol. The summed E-state index contributed by atoms with van der Waals surface area (Å²) in [5.41, 5.74) is 0.724. The summed E-state index contributed by atoms with van der Waals surface area (Å²) in [7, 11) is -2.00. The summed E-state index contributed by atoms with van der Waals surface area (Å²) in [6, 6.07) is 6.85. The number of benzene rings is 1. The number of hydrogen-bond donors (Lipinski definition) is 0. The molecule has 1 aromatic heterocycles. The fourth-order valence-electron chi connectivity index (χ4n) is 3.65. The molecule has 1 aromatic carbocycles. The molecule has 0 amide bonds. The van der Waals surface area contributed by atoms with Gasteiger partial charge in [-0.2, -0.15) is 0 Å². The van der Waals surface area contributed by atoms with Gasteiger partial charge in [-0.25, -0.2) is 17.1 Å². The summed E-state index contributed by atoms with van der Waals surface area (Å²) in [5, 5.41) is 3.57. The van der Waals surface area contributed by atoms with Crippen LogP contribution in [0.4, 0.5) is 4.39 Å². The van der Waals surface area contributed by atoms with Crippen LogP contribution >= 0.6 is 0 Å². The molecule has 0 saturated carbocycles. The van der Waals surface area contributed by atoms with Crippen molar-refractivity contribution in [2.75, 3.05) is 33.2 Å².